The van der Waals surface area contributed by atoms with Crippen LogP contribution in [-0.4, -0.2) is 0 Å². The Hall–Kier alpha value is -1.41. The lowest BCUT2D eigenvalue weighted by atomic mass is 9.98. The molecule has 0 saturated heterocycles. The highest BCUT2D eigenvalue weighted by atomic mass is 35.5. The quantitative estimate of drug-likeness (QED) is 0.686. The monoisotopic (exact) mass is 280 g/mol. The average Bonchev–Trinajstić information content (AvgIpc) is 2.37. The lowest BCUT2D eigenvalue weighted by molar-refractivity contribution is 0.497. The van der Waals surface area contributed by atoms with Gasteiger partial charge in [0.15, 0.2) is 11.6 Å². The van der Waals surface area contributed by atoms with Crippen molar-refractivity contribution in [1.29, 1.82) is 0 Å². The number of alkyl halides is 1. The fraction of sp³-hybridized carbons (Fsp3) is 0.250. The summed E-state index contributed by atoms with van der Waals surface area (Å²) in [4.78, 5) is 0. The number of hydrogen-bond acceptors (Lipinski definition) is 0. The third kappa shape index (κ3) is 3.13. The van der Waals surface area contributed by atoms with Crippen LogP contribution < -0.4 is 0 Å². The second-order valence-electron chi connectivity index (χ2n) is 4.74. The van der Waals surface area contributed by atoms with E-state index < -0.39 is 17.0 Å². The molecule has 0 spiro atoms. The first kappa shape index (κ1) is 14.0. The van der Waals surface area contributed by atoms with E-state index in [9.17, 15) is 8.78 Å². The van der Waals surface area contributed by atoms with Crippen LogP contribution in [0.2, 0.25) is 0 Å². The van der Waals surface area contributed by atoms with Crippen molar-refractivity contribution in [3.63, 3.8) is 0 Å². The molecule has 100 valence electrons. The van der Waals surface area contributed by atoms with Gasteiger partial charge in [-0.15, -0.1) is 11.6 Å². The third-order valence-electron chi connectivity index (χ3n) is 3.22. The number of benzene rings is 2. The number of aryl methyl sites for hydroxylation is 2. The predicted molar refractivity (Wildman–Crippen MR) is 74.6 cm³/mol. The number of halogens is 3. The lowest BCUT2D eigenvalue weighted by Crippen LogP contribution is -2.02. The normalized spacial score (nSPS) is 12.5. The smallest absolute Gasteiger partial charge is 0.163 e. The number of rotatable bonds is 3. The molecule has 0 N–H and O–H groups in total. The SMILES string of the molecule is Cc1ccc(C)c(CC(Cl)c2cccc(F)c2F)c1. The zero-order chi connectivity index (χ0) is 14.0. The molecule has 1 atom stereocenters. The maximum absolute atomic E-state index is 13.7. The molecule has 0 radical (unpaired) electrons. The van der Waals surface area contributed by atoms with Gasteiger partial charge in [0.05, 0.1) is 5.38 Å². The first-order chi connectivity index (χ1) is 8.99. The van der Waals surface area contributed by atoms with Gasteiger partial charge >= 0.3 is 0 Å². The standard InChI is InChI=1S/C16H15ClF2/c1-10-6-7-11(2)12(8-10)9-14(17)13-4-3-5-15(18)16(13)19/h3-8,14H,9H2,1-2H3. The zero-order valence-corrected chi connectivity index (χ0v) is 11.6. The Labute approximate surface area is 117 Å². The van der Waals surface area contributed by atoms with Gasteiger partial charge in [0, 0.05) is 5.56 Å². The van der Waals surface area contributed by atoms with Crippen LogP contribution in [0, 0.1) is 25.5 Å². The Morgan fingerprint density at radius 1 is 1.11 bits per heavy atom. The largest absolute Gasteiger partial charge is 0.204 e. The van der Waals surface area contributed by atoms with E-state index in [0.717, 1.165) is 22.8 Å². The van der Waals surface area contributed by atoms with Crippen LogP contribution in [0.25, 0.3) is 0 Å². The van der Waals surface area contributed by atoms with Crippen LogP contribution in [0.5, 0.6) is 0 Å². The summed E-state index contributed by atoms with van der Waals surface area (Å²) in [5.74, 6) is -1.71. The summed E-state index contributed by atoms with van der Waals surface area (Å²) in [6, 6.07) is 10.2. The van der Waals surface area contributed by atoms with E-state index in [-0.39, 0.29) is 5.56 Å². The summed E-state index contributed by atoms with van der Waals surface area (Å²) in [5.41, 5.74) is 3.50. The van der Waals surface area contributed by atoms with Crippen molar-refractivity contribution in [2.45, 2.75) is 25.6 Å². The van der Waals surface area contributed by atoms with Gasteiger partial charge in [-0.1, -0.05) is 35.9 Å². The Kier molecular flexibility index (Phi) is 4.20. The fourth-order valence-electron chi connectivity index (χ4n) is 2.09. The Morgan fingerprint density at radius 3 is 2.58 bits per heavy atom. The predicted octanol–water partition coefficient (Wildman–Crippen LogP) is 5.10. The molecule has 19 heavy (non-hydrogen) atoms. The fourth-order valence-corrected chi connectivity index (χ4v) is 2.42. The summed E-state index contributed by atoms with van der Waals surface area (Å²) >= 11 is 6.24. The average molecular weight is 281 g/mol. The van der Waals surface area contributed by atoms with E-state index in [1.807, 2.05) is 32.0 Å². The van der Waals surface area contributed by atoms with E-state index in [4.69, 9.17) is 11.6 Å². The molecule has 0 aliphatic carbocycles. The van der Waals surface area contributed by atoms with Gasteiger partial charge in [-0.2, -0.15) is 0 Å². The Morgan fingerprint density at radius 2 is 1.84 bits per heavy atom. The Balaban J connectivity index is 2.28. The maximum Gasteiger partial charge on any atom is 0.163 e. The topological polar surface area (TPSA) is 0 Å². The minimum atomic E-state index is -0.857. The van der Waals surface area contributed by atoms with Gasteiger partial charge in [0.1, 0.15) is 0 Å². The Bertz CT molecular complexity index is 593. The molecule has 1 unspecified atom stereocenters. The number of hydrogen-bond donors (Lipinski definition) is 0. The second kappa shape index (κ2) is 5.70. The van der Waals surface area contributed by atoms with Gasteiger partial charge < -0.3 is 0 Å². The van der Waals surface area contributed by atoms with Crippen LogP contribution in [0.15, 0.2) is 36.4 Å². The van der Waals surface area contributed by atoms with Crippen molar-refractivity contribution in [2.75, 3.05) is 0 Å². The molecule has 0 saturated carbocycles. The summed E-state index contributed by atoms with van der Waals surface area (Å²) in [6.45, 7) is 3.98. The maximum atomic E-state index is 13.7. The summed E-state index contributed by atoms with van der Waals surface area (Å²) in [7, 11) is 0. The molecule has 0 heterocycles. The van der Waals surface area contributed by atoms with Crippen LogP contribution in [-0.2, 0) is 6.42 Å². The van der Waals surface area contributed by atoms with E-state index in [2.05, 4.69) is 0 Å². The van der Waals surface area contributed by atoms with Gasteiger partial charge in [-0.05, 0) is 37.5 Å². The second-order valence-corrected chi connectivity index (χ2v) is 5.27. The first-order valence-electron chi connectivity index (χ1n) is 6.13. The van der Waals surface area contributed by atoms with Gasteiger partial charge in [0.2, 0.25) is 0 Å². The molecule has 0 aromatic heterocycles. The van der Waals surface area contributed by atoms with E-state index in [1.54, 1.807) is 0 Å². The molecule has 2 aromatic carbocycles. The molecule has 0 amide bonds. The van der Waals surface area contributed by atoms with Crippen molar-refractivity contribution in [3.8, 4) is 0 Å². The van der Waals surface area contributed by atoms with Crippen molar-refractivity contribution < 1.29 is 8.78 Å². The highest BCUT2D eigenvalue weighted by Gasteiger charge is 2.17. The molecule has 3 heteroatoms. The molecule has 0 aliphatic heterocycles. The molecule has 0 bridgehead atoms. The van der Waals surface area contributed by atoms with Crippen LogP contribution >= 0.6 is 11.6 Å². The van der Waals surface area contributed by atoms with E-state index >= 15 is 0 Å². The summed E-state index contributed by atoms with van der Waals surface area (Å²) in [5, 5.41) is -0.573. The van der Waals surface area contributed by atoms with Crippen molar-refractivity contribution in [3.05, 3.63) is 70.3 Å². The van der Waals surface area contributed by atoms with Gasteiger partial charge in [-0.3, -0.25) is 0 Å². The van der Waals surface area contributed by atoms with E-state index in [0.29, 0.717) is 6.42 Å². The molecule has 2 rings (SSSR count). The van der Waals surface area contributed by atoms with Crippen LogP contribution in [0.3, 0.4) is 0 Å². The van der Waals surface area contributed by atoms with Crippen molar-refractivity contribution >= 4 is 11.6 Å². The van der Waals surface area contributed by atoms with Crippen LogP contribution in [0.4, 0.5) is 8.78 Å². The van der Waals surface area contributed by atoms with Crippen LogP contribution in [0.1, 0.15) is 27.6 Å². The molecule has 0 nitrogen and oxygen atoms in total. The minimum Gasteiger partial charge on any atom is -0.204 e. The minimum absolute atomic E-state index is 0.211. The third-order valence-corrected chi connectivity index (χ3v) is 3.61. The first-order valence-corrected chi connectivity index (χ1v) is 6.57. The van der Waals surface area contributed by atoms with E-state index in [1.165, 1.54) is 12.1 Å². The highest BCUT2D eigenvalue weighted by molar-refractivity contribution is 6.21. The highest BCUT2D eigenvalue weighted by Crippen LogP contribution is 2.29. The lowest BCUT2D eigenvalue weighted by Gasteiger charge is -2.13. The molecule has 0 fully saturated rings. The molecule has 2 aromatic rings. The van der Waals surface area contributed by atoms with Gasteiger partial charge in [-0.25, -0.2) is 8.78 Å². The zero-order valence-electron chi connectivity index (χ0n) is 10.9. The molecular formula is C16H15ClF2. The van der Waals surface area contributed by atoms with Crippen molar-refractivity contribution in [1.82, 2.24) is 0 Å². The summed E-state index contributed by atoms with van der Waals surface area (Å²) in [6.07, 6.45) is 0.482. The van der Waals surface area contributed by atoms with Gasteiger partial charge in [0.25, 0.3) is 0 Å². The molecule has 0 aliphatic rings. The summed E-state index contributed by atoms with van der Waals surface area (Å²) < 4.78 is 26.9. The molecular weight excluding hydrogens is 266 g/mol. The van der Waals surface area contributed by atoms with Crippen molar-refractivity contribution in [2.24, 2.45) is 0 Å².